The summed E-state index contributed by atoms with van der Waals surface area (Å²) in [6, 6.07) is 7.42. The smallest absolute Gasteiger partial charge is 0.291 e. The highest BCUT2D eigenvalue weighted by Crippen LogP contribution is 2.07. The Hall–Kier alpha value is -2.80. The van der Waals surface area contributed by atoms with Gasteiger partial charge in [-0.25, -0.2) is 0 Å². The van der Waals surface area contributed by atoms with E-state index in [1.807, 2.05) is 12.1 Å². The van der Waals surface area contributed by atoms with Crippen LogP contribution < -0.4 is 15.5 Å². The molecule has 138 valence electrons. The topological polar surface area (TPSA) is 91.6 Å². The molecule has 0 aliphatic carbocycles. The predicted molar refractivity (Wildman–Crippen MR) is 97.3 cm³/mol. The number of H-pyrrole nitrogens is 1. The van der Waals surface area contributed by atoms with E-state index < -0.39 is 5.91 Å². The molecule has 0 saturated carbocycles. The van der Waals surface area contributed by atoms with E-state index in [9.17, 15) is 9.59 Å². The van der Waals surface area contributed by atoms with Gasteiger partial charge in [0, 0.05) is 37.7 Å². The SMILES string of the molecule is C[NH+]1CCC[C@H]1CCNC(=O)/C(=C/c1ccc[nH]1)NC(=O)c1ccco1. The Kier molecular flexibility index (Phi) is 5.91. The number of furan rings is 1. The summed E-state index contributed by atoms with van der Waals surface area (Å²) in [4.78, 5) is 29.3. The summed E-state index contributed by atoms with van der Waals surface area (Å²) in [5, 5.41) is 5.55. The third-order valence-corrected chi connectivity index (χ3v) is 4.76. The van der Waals surface area contributed by atoms with Gasteiger partial charge in [-0.1, -0.05) is 0 Å². The van der Waals surface area contributed by atoms with E-state index in [2.05, 4.69) is 22.7 Å². The minimum Gasteiger partial charge on any atom is -0.459 e. The van der Waals surface area contributed by atoms with E-state index in [1.54, 1.807) is 24.4 Å². The van der Waals surface area contributed by atoms with Crippen molar-refractivity contribution >= 4 is 17.9 Å². The van der Waals surface area contributed by atoms with Crippen LogP contribution in [-0.4, -0.2) is 43.0 Å². The molecule has 0 bridgehead atoms. The minimum atomic E-state index is -0.456. The first kappa shape index (κ1) is 18.0. The van der Waals surface area contributed by atoms with Gasteiger partial charge in [0.15, 0.2) is 5.76 Å². The van der Waals surface area contributed by atoms with Crippen LogP contribution in [0.4, 0.5) is 0 Å². The molecule has 1 unspecified atom stereocenters. The minimum absolute atomic E-state index is 0.159. The molecule has 7 nitrogen and oxygen atoms in total. The summed E-state index contributed by atoms with van der Waals surface area (Å²) in [6.45, 7) is 1.77. The predicted octanol–water partition coefficient (Wildman–Crippen LogP) is 0.562. The van der Waals surface area contributed by atoms with Gasteiger partial charge < -0.3 is 24.9 Å². The Morgan fingerprint density at radius 1 is 1.38 bits per heavy atom. The molecule has 1 saturated heterocycles. The van der Waals surface area contributed by atoms with Crippen molar-refractivity contribution in [1.82, 2.24) is 15.6 Å². The zero-order valence-corrected chi connectivity index (χ0v) is 14.9. The summed E-state index contributed by atoms with van der Waals surface area (Å²) >= 11 is 0. The van der Waals surface area contributed by atoms with Crippen LogP contribution in [0, 0.1) is 0 Å². The average molecular weight is 357 g/mol. The fraction of sp³-hybridized carbons (Fsp3) is 0.368. The van der Waals surface area contributed by atoms with Crippen molar-refractivity contribution in [3.8, 4) is 0 Å². The summed E-state index contributed by atoms with van der Waals surface area (Å²) in [5.41, 5.74) is 0.913. The zero-order chi connectivity index (χ0) is 18.4. The maximum atomic E-state index is 12.6. The van der Waals surface area contributed by atoms with Crippen molar-refractivity contribution < 1.29 is 18.9 Å². The lowest BCUT2D eigenvalue weighted by molar-refractivity contribution is -0.892. The van der Waals surface area contributed by atoms with Crippen LogP contribution >= 0.6 is 0 Å². The molecule has 3 rings (SSSR count). The first-order valence-corrected chi connectivity index (χ1v) is 8.94. The summed E-state index contributed by atoms with van der Waals surface area (Å²) < 4.78 is 5.09. The first-order valence-electron chi connectivity index (χ1n) is 8.94. The van der Waals surface area contributed by atoms with Crippen molar-refractivity contribution in [2.45, 2.75) is 25.3 Å². The van der Waals surface area contributed by atoms with Crippen LogP contribution in [-0.2, 0) is 4.79 Å². The summed E-state index contributed by atoms with van der Waals surface area (Å²) in [5.74, 6) is -0.607. The van der Waals surface area contributed by atoms with Crippen LogP contribution in [0.3, 0.4) is 0 Å². The zero-order valence-electron chi connectivity index (χ0n) is 14.9. The van der Waals surface area contributed by atoms with E-state index in [-0.39, 0.29) is 17.4 Å². The van der Waals surface area contributed by atoms with Crippen molar-refractivity contribution in [3.05, 3.63) is 53.9 Å². The molecular weight excluding hydrogens is 332 g/mol. The van der Waals surface area contributed by atoms with Gasteiger partial charge >= 0.3 is 0 Å². The molecular formula is C19H25N4O3+. The number of amides is 2. The van der Waals surface area contributed by atoms with Crippen LogP contribution in [0.2, 0.25) is 0 Å². The Morgan fingerprint density at radius 2 is 2.27 bits per heavy atom. The number of rotatable bonds is 7. The number of hydrogen-bond donors (Lipinski definition) is 4. The number of quaternary nitrogens is 1. The standard InChI is InChI=1S/C19H24N4O3/c1-23-11-3-6-15(23)8-10-21-18(24)16(13-14-5-2-9-20-14)22-19(25)17-7-4-12-26-17/h2,4-5,7,9,12-13,15,20H,3,6,8,10-11H2,1H3,(H,21,24)(H,22,25)/p+1/b16-13-/t15-/m0/s1. The van der Waals surface area contributed by atoms with Crippen LogP contribution in [0.25, 0.3) is 6.08 Å². The molecule has 2 aromatic rings. The van der Waals surface area contributed by atoms with Gasteiger partial charge in [0.25, 0.3) is 11.8 Å². The molecule has 26 heavy (non-hydrogen) atoms. The van der Waals surface area contributed by atoms with E-state index in [4.69, 9.17) is 4.42 Å². The summed E-state index contributed by atoms with van der Waals surface area (Å²) in [7, 11) is 2.19. The van der Waals surface area contributed by atoms with Gasteiger partial charge in [-0.15, -0.1) is 0 Å². The number of hydrogen-bond acceptors (Lipinski definition) is 3. The highest BCUT2D eigenvalue weighted by Gasteiger charge is 2.24. The van der Waals surface area contributed by atoms with Crippen LogP contribution in [0.5, 0.6) is 0 Å². The van der Waals surface area contributed by atoms with E-state index >= 15 is 0 Å². The lowest BCUT2D eigenvalue weighted by Crippen LogP contribution is -3.10. The summed E-state index contributed by atoms with van der Waals surface area (Å²) in [6.07, 6.45) is 8.16. The second-order valence-electron chi connectivity index (χ2n) is 6.59. The number of aromatic amines is 1. The average Bonchev–Trinajstić information content (AvgIpc) is 3.37. The molecule has 0 aromatic carbocycles. The lowest BCUT2D eigenvalue weighted by atomic mass is 10.1. The lowest BCUT2D eigenvalue weighted by Gasteiger charge is -2.17. The molecule has 3 heterocycles. The normalized spacial score (nSPS) is 20.1. The fourth-order valence-electron chi connectivity index (χ4n) is 3.26. The van der Waals surface area contributed by atoms with Crippen molar-refractivity contribution in [2.75, 3.05) is 20.1 Å². The number of carbonyl (C=O) groups excluding carboxylic acids is 2. The Labute approximate surface area is 152 Å². The van der Waals surface area contributed by atoms with E-state index in [0.717, 1.165) is 12.1 Å². The van der Waals surface area contributed by atoms with E-state index in [0.29, 0.717) is 12.6 Å². The Morgan fingerprint density at radius 3 is 2.92 bits per heavy atom. The Balaban J connectivity index is 1.62. The van der Waals surface area contributed by atoms with Gasteiger partial charge in [0.1, 0.15) is 5.70 Å². The number of aromatic nitrogens is 1. The van der Waals surface area contributed by atoms with Gasteiger partial charge in [0.2, 0.25) is 0 Å². The maximum Gasteiger partial charge on any atom is 0.291 e. The van der Waals surface area contributed by atoms with Gasteiger partial charge in [-0.3, -0.25) is 9.59 Å². The molecule has 0 spiro atoms. The molecule has 4 N–H and O–H groups in total. The van der Waals surface area contributed by atoms with Crippen molar-refractivity contribution in [1.29, 1.82) is 0 Å². The van der Waals surface area contributed by atoms with Gasteiger partial charge in [0.05, 0.1) is 25.9 Å². The third kappa shape index (κ3) is 4.64. The maximum absolute atomic E-state index is 12.6. The van der Waals surface area contributed by atoms with Crippen molar-refractivity contribution in [2.24, 2.45) is 0 Å². The third-order valence-electron chi connectivity index (χ3n) is 4.76. The second-order valence-corrected chi connectivity index (χ2v) is 6.59. The van der Waals surface area contributed by atoms with Crippen molar-refractivity contribution in [3.63, 3.8) is 0 Å². The molecule has 1 aliphatic rings. The molecule has 0 radical (unpaired) electrons. The number of likely N-dealkylation sites (tertiary alicyclic amines) is 1. The van der Waals surface area contributed by atoms with Crippen LogP contribution in [0.1, 0.15) is 35.5 Å². The highest BCUT2D eigenvalue weighted by molar-refractivity contribution is 6.04. The van der Waals surface area contributed by atoms with Gasteiger partial charge in [-0.05, 0) is 30.3 Å². The first-order chi connectivity index (χ1) is 12.6. The van der Waals surface area contributed by atoms with E-state index in [1.165, 1.54) is 30.5 Å². The van der Waals surface area contributed by atoms with Crippen LogP contribution in [0.15, 0.2) is 46.8 Å². The Bertz CT molecular complexity index is 750. The molecule has 7 heteroatoms. The fourth-order valence-corrected chi connectivity index (χ4v) is 3.26. The largest absolute Gasteiger partial charge is 0.459 e. The molecule has 2 aromatic heterocycles. The molecule has 2 atom stereocenters. The molecule has 1 fully saturated rings. The highest BCUT2D eigenvalue weighted by atomic mass is 16.3. The number of carbonyl (C=O) groups is 2. The van der Waals surface area contributed by atoms with Gasteiger partial charge in [-0.2, -0.15) is 0 Å². The second kappa shape index (κ2) is 8.53. The monoisotopic (exact) mass is 357 g/mol. The quantitative estimate of drug-likeness (QED) is 0.546. The number of nitrogens with one attached hydrogen (secondary N) is 4. The molecule has 2 amide bonds. The molecule has 1 aliphatic heterocycles.